The molecule has 3 rings (SSSR count). The summed E-state index contributed by atoms with van der Waals surface area (Å²) >= 11 is 1.66. The molecule has 19 heavy (non-hydrogen) atoms. The zero-order valence-electron chi connectivity index (χ0n) is 10.6. The van der Waals surface area contributed by atoms with Gasteiger partial charge in [-0.3, -0.25) is 4.68 Å². The van der Waals surface area contributed by atoms with E-state index < -0.39 is 0 Å². The number of hydrogen-bond donors (Lipinski definition) is 1. The standard InChI is InChI=1S/C14H14N4S/c1-18-8-7-13(17-18)15-9-14-16-12(10-19-14)11-5-3-2-4-6-11/h2-8,10H,9H2,1H3,(H,15,17). The predicted octanol–water partition coefficient (Wildman–Crippen LogP) is 3.16. The van der Waals surface area contributed by atoms with Gasteiger partial charge in [-0.2, -0.15) is 5.10 Å². The number of aromatic nitrogens is 3. The number of anilines is 1. The fourth-order valence-electron chi connectivity index (χ4n) is 1.81. The Morgan fingerprint density at radius 2 is 2.05 bits per heavy atom. The van der Waals surface area contributed by atoms with Gasteiger partial charge in [0.2, 0.25) is 0 Å². The highest BCUT2D eigenvalue weighted by Crippen LogP contribution is 2.21. The summed E-state index contributed by atoms with van der Waals surface area (Å²) in [5, 5.41) is 10.7. The molecule has 0 aliphatic rings. The van der Waals surface area contributed by atoms with Crippen molar-refractivity contribution in [2.45, 2.75) is 6.54 Å². The summed E-state index contributed by atoms with van der Waals surface area (Å²) in [7, 11) is 1.90. The maximum absolute atomic E-state index is 4.62. The van der Waals surface area contributed by atoms with Crippen molar-refractivity contribution >= 4 is 17.2 Å². The highest BCUT2D eigenvalue weighted by atomic mass is 32.1. The van der Waals surface area contributed by atoms with Crippen molar-refractivity contribution in [3.63, 3.8) is 0 Å². The molecule has 0 aliphatic carbocycles. The monoisotopic (exact) mass is 270 g/mol. The average molecular weight is 270 g/mol. The molecular weight excluding hydrogens is 256 g/mol. The lowest BCUT2D eigenvalue weighted by Gasteiger charge is -1.99. The van der Waals surface area contributed by atoms with Crippen LogP contribution in [0.5, 0.6) is 0 Å². The Hall–Kier alpha value is -2.14. The Morgan fingerprint density at radius 3 is 2.79 bits per heavy atom. The molecule has 0 saturated carbocycles. The highest BCUT2D eigenvalue weighted by Gasteiger charge is 2.04. The first-order valence-corrected chi connectivity index (χ1v) is 6.92. The summed E-state index contributed by atoms with van der Waals surface area (Å²) in [5.74, 6) is 0.874. The van der Waals surface area contributed by atoms with Crippen molar-refractivity contribution in [1.82, 2.24) is 14.8 Å². The van der Waals surface area contributed by atoms with Gasteiger partial charge in [-0.25, -0.2) is 4.98 Å². The van der Waals surface area contributed by atoms with Gasteiger partial charge in [0, 0.05) is 30.3 Å². The molecule has 4 nitrogen and oxygen atoms in total. The number of rotatable bonds is 4. The third-order valence-corrected chi connectivity index (χ3v) is 3.60. The van der Waals surface area contributed by atoms with Crippen LogP contribution in [0.15, 0.2) is 48.0 Å². The van der Waals surface area contributed by atoms with Crippen molar-refractivity contribution in [1.29, 1.82) is 0 Å². The fraction of sp³-hybridized carbons (Fsp3) is 0.143. The van der Waals surface area contributed by atoms with Crippen molar-refractivity contribution in [3.8, 4) is 11.3 Å². The van der Waals surface area contributed by atoms with Crippen molar-refractivity contribution in [2.24, 2.45) is 7.05 Å². The van der Waals surface area contributed by atoms with E-state index in [1.165, 1.54) is 0 Å². The normalized spacial score (nSPS) is 10.6. The van der Waals surface area contributed by atoms with Crippen LogP contribution in [0, 0.1) is 0 Å². The quantitative estimate of drug-likeness (QED) is 0.792. The molecule has 2 aromatic heterocycles. The van der Waals surface area contributed by atoms with E-state index in [0.29, 0.717) is 6.54 Å². The van der Waals surface area contributed by atoms with Crippen LogP contribution in [-0.4, -0.2) is 14.8 Å². The van der Waals surface area contributed by atoms with Gasteiger partial charge in [-0.15, -0.1) is 11.3 Å². The maximum Gasteiger partial charge on any atom is 0.148 e. The molecule has 96 valence electrons. The summed E-state index contributed by atoms with van der Waals surface area (Å²) < 4.78 is 1.78. The van der Waals surface area contributed by atoms with E-state index in [1.54, 1.807) is 16.0 Å². The Morgan fingerprint density at radius 1 is 1.21 bits per heavy atom. The zero-order valence-corrected chi connectivity index (χ0v) is 11.4. The van der Waals surface area contributed by atoms with E-state index in [9.17, 15) is 0 Å². The first kappa shape index (κ1) is 11.9. The van der Waals surface area contributed by atoms with Gasteiger partial charge in [0.05, 0.1) is 12.2 Å². The fourth-order valence-corrected chi connectivity index (χ4v) is 2.55. The van der Waals surface area contributed by atoms with Crippen LogP contribution in [0.2, 0.25) is 0 Å². The van der Waals surface area contributed by atoms with Crippen molar-refractivity contribution < 1.29 is 0 Å². The highest BCUT2D eigenvalue weighted by molar-refractivity contribution is 7.09. The predicted molar refractivity (Wildman–Crippen MR) is 78.1 cm³/mol. The van der Waals surface area contributed by atoms with Gasteiger partial charge < -0.3 is 5.32 Å². The topological polar surface area (TPSA) is 42.7 Å². The van der Waals surface area contributed by atoms with E-state index in [1.807, 2.05) is 37.5 Å². The van der Waals surface area contributed by atoms with Crippen LogP contribution in [0.4, 0.5) is 5.82 Å². The second kappa shape index (κ2) is 5.24. The second-order valence-electron chi connectivity index (χ2n) is 4.22. The minimum atomic E-state index is 0.703. The molecule has 0 fully saturated rings. The summed E-state index contributed by atoms with van der Waals surface area (Å²) in [6, 6.07) is 12.2. The van der Waals surface area contributed by atoms with Gasteiger partial charge in [0.1, 0.15) is 10.8 Å². The van der Waals surface area contributed by atoms with Crippen LogP contribution in [0.3, 0.4) is 0 Å². The summed E-state index contributed by atoms with van der Waals surface area (Å²) in [4.78, 5) is 4.62. The second-order valence-corrected chi connectivity index (χ2v) is 5.16. The lowest BCUT2D eigenvalue weighted by atomic mass is 10.2. The minimum absolute atomic E-state index is 0.703. The number of nitrogens with zero attached hydrogens (tertiary/aromatic N) is 3. The summed E-state index contributed by atoms with van der Waals surface area (Å²) in [6.45, 7) is 0.703. The Balaban J connectivity index is 1.68. The van der Waals surface area contributed by atoms with Gasteiger partial charge in [0.15, 0.2) is 0 Å². The van der Waals surface area contributed by atoms with Crippen LogP contribution in [0.1, 0.15) is 5.01 Å². The van der Waals surface area contributed by atoms with E-state index >= 15 is 0 Å². The maximum atomic E-state index is 4.62. The summed E-state index contributed by atoms with van der Waals surface area (Å²) in [6.07, 6.45) is 1.92. The van der Waals surface area contributed by atoms with Crippen molar-refractivity contribution in [3.05, 3.63) is 53.0 Å². The molecule has 0 spiro atoms. The van der Waals surface area contributed by atoms with E-state index in [0.717, 1.165) is 22.1 Å². The van der Waals surface area contributed by atoms with E-state index in [4.69, 9.17) is 0 Å². The van der Waals surface area contributed by atoms with Crippen LogP contribution in [0.25, 0.3) is 11.3 Å². The number of nitrogens with one attached hydrogen (secondary N) is 1. The van der Waals surface area contributed by atoms with Gasteiger partial charge in [-0.1, -0.05) is 30.3 Å². The number of thiazole rings is 1. The smallest absolute Gasteiger partial charge is 0.148 e. The number of benzene rings is 1. The van der Waals surface area contributed by atoms with E-state index in [-0.39, 0.29) is 0 Å². The molecule has 0 unspecified atom stereocenters. The molecule has 0 saturated heterocycles. The molecule has 0 radical (unpaired) electrons. The Bertz CT molecular complexity index is 657. The largest absolute Gasteiger partial charge is 0.362 e. The number of aryl methyl sites for hydroxylation is 1. The minimum Gasteiger partial charge on any atom is -0.362 e. The zero-order chi connectivity index (χ0) is 13.1. The molecule has 0 atom stereocenters. The number of hydrogen-bond acceptors (Lipinski definition) is 4. The lowest BCUT2D eigenvalue weighted by molar-refractivity contribution is 0.768. The first-order valence-electron chi connectivity index (χ1n) is 6.04. The van der Waals surface area contributed by atoms with Crippen LogP contribution >= 0.6 is 11.3 Å². The summed E-state index contributed by atoms with van der Waals surface area (Å²) in [5.41, 5.74) is 2.19. The molecule has 0 aliphatic heterocycles. The molecular formula is C14H14N4S. The SMILES string of the molecule is Cn1ccc(NCc2nc(-c3ccccc3)cs2)n1. The van der Waals surface area contributed by atoms with Gasteiger partial charge >= 0.3 is 0 Å². The average Bonchev–Trinajstić information content (AvgIpc) is 3.06. The molecule has 3 aromatic rings. The van der Waals surface area contributed by atoms with Crippen LogP contribution in [-0.2, 0) is 13.6 Å². The molecule has 1 N–H and O–H groups in total. The first-order chi connectivity index (χ1) is 9.31. The van der Waals surface area contributed by atoms with Gasteiger partial charge in [0.25, 0.3) is 0 Å². The molecule has 5 heteroatoms. The Kier molecular flexibility index (Phi) is 3.29. The van der Waals surface area contributed by atoms with Crippen LogP contribution < -0.4 is 5.32 Å². The third-order valence-electron chi connectivity index (χ3n) is 2.76. The molecule has 0 bridgehead atoms. The Labute approximate surface area is 115 Å². The third kappa shape index (κ3) is 2.82. The van der Waals surface area contributed by atoms with Gasteiger partial charge in [-0.05, 0) is 0 Å². The van der Waals surface area contributed by atoms with E-state index in [2.05, 4.69) is 32.9 Å². The lowest BCUT2D eigenvalue weighted by Crippen LogP contribution is -2.00. The molecule has 2 heterocycles. The molecule has 0 amide bonds. The molecule has 1 aromatic carbocycles. The van der Waals surface area contributed by atoms with Crippen molar-refractivity contribution in [2.75, 3.05) is 5.32 Å².